The van der Waals surface area contributed by atoms with E-state index in [2.05, 4.69) is 16.0 Å². The number of aromatic nitrogens is 2. The van der Waals surface area contributed by atoms with Crippen LogP contribution in [0.1, 0.15) is 16.7 Å². The fourth-order valence-electron chi connectivity index (χ4n) is 2.42. The Kier molecular flexibility index (Phi) is 4.64. The average molecular weight is 342 g/mol. The molecule has 126 valence electrons. The van der Waals surface area contributed by atoms with Gasteiger partial charge in [0.05, 0.1) is 17.3 Å². The Morgan fingerprint density at radius 3 is 2.42 bits per heavy atom. The first kappa shape index (κ1) is 16.7. The van der Waals surface area contributed by atoms with E-state index in [1.54, 1.807) is 36.4 Å². The van der Waals surface area contributed by atoms with E-state index in [9.17, 15) is 5.26 Å². The molecule has 0 unspecified atom stereocenters. The molecular formula is C19H14N6O. The molecule has 1 aromatic heterocycles. The monoisotopic (exact) mass is 342 g/mol. The lowest BCUT2D eigenvalue weighted by molar-refractivity contribution is 0.306. The van der Waals surface area contributed by atoms with Crippen molar-refractivity contribution in [1.29, 1.82) is 10.5 Å². The van der Waals surface area contributed by atoms with Gasteiger partial charge in [-0.2, -0.15) is 15.5 Å². The van der Waals surface area contributed by atoms with E-state index in [-0.39, 0.29) is 17.3 Å². The van der Waals surface area contributed by atoms with E-state index < -0.39 is 0 Å². The number of nitriles is 2. The molecule has 3 rings (SSSR count). The van der Waals surface area contributed by atoms with Gasteiger partial charge >= 0.3 is 0 Å². The van der Waals surface area contributed by atoms with Crippen LogP contribution in [0.15, 0.2) is 48.5 Å². The van der Waals surface area contributed by atoms with E-state index >= 15 is 0 Å². The van der Waals surface area contributed by atoms with Gasteiger partial charge in [-0.05, 0) is 42.0 Å². The number of hydrogen-bond donors (Lipinski definition) is 2. The largest absolute Gasteiger partial charge is 0.489 e. The second-order valence-electron chi connectivity index (χ2n) is 5.43. The summed E-state index contributed by atoms with van der Waals surface area (Å²) < 4.78 is 5.73. The van der Waals surface area contributed by atoms with Crippen LogP contribution in [0.5, 0.6) is 5.75 Å². The van der Waals surface area contributed by atoms with E-state index in [0.717, 1.165) is 5.56 Å². The van der Waals surface area contributed by atoms with Crippen LogP contribution in [-0.2, 0) is 6.61 Å². The molecule has 0 saturated heterocycles. The van der Waals surface area contributed by atoms with Gasteiger partial charge in [-0.15, -0.1) is 0 Å². The van der Waals surface area contributed by atoms with E-state index in [1.807, 2.05) is 18.2 Å². The van der Waals surface area contributed by atoms with Gasteiger partial charge in [-0.3, -0.25) is 0 Å². The molecule has 4 N–H and O–H groups in total. The Balaban J connectivity index is 1.79. The fraction of sp³-hybridized carbons (Fsp3) is 0.0526. The van der Waals surface area contributed by atoms with Gasteiger partial charge < -0.3 is 16.2 Å². The summed E-state index contributed by atoms with van der Waals surface area (Å²) in [6.07, 6.45) is 0. The minimum Gasteiger partial charge on any atom is -0.489 e. The summed E-state index contributed by atoms with van der Waals surface area (Å²) in [5.41, 5.74) is 14.1. The predicted molar refractivity (Wildman–Crippen MR) is 96.5 cm³/mol. The molecule has 26 heavy (non-hydrogen) atoms. The van der Waals surface area contributed by atoms with Crippen molar-refractivity contribution in [3.63, 3.8) is 0 Å². The Hall–Kier alpha value is -4.10. The summed E-state index contributed by atoms with van der Waals surface area (Å²) in [5, 5.41) is 18.2. The molecule has 0 bridgehead atoms. The highest BCUT2D eigenvalue weighted by molar-refractivity contribution is 5.73. The molecule has 0 fully saturated rings. The van der Waals surface area contributed by atoms with Crippen LogP contribution < -0.4 is 16.2 Å². The maximum Gasteiger partial charge on any atom is 0.222 e. The van der Waals surface area contributed by atoms with Crippen molar-refractivity contribution in [3.05, 3.63) is 65.2 Å². The zero-order valence-electron chi connectivity index (χ0n) is 13.7. The molecule has 0 aliphatic carbocycles. The Morgan fingerprint density at radius 2 is 1.73 bits per heavy atom. The topological polar surface area (TPSA) is 135 Å². The first-order chi connectivity index (χ1) is 12.6. The molecule has 0 aliphatic heterocycles. The number of anilines is 2. The van der Waals surface area contributed by atoms with Crippen molar-refractivity contribution in [2.75, 3.05) is 11.5 Å². The third-order valence-electron chi connectivity index (χ3n) is 3.66. The molecular weight excluding hydrogens is 328 g/mol. The third kappa shape index (κ3) is 3.53. The zero-order chi connectivity index (χ0) is 18.5. The van der Waals surface area contributed by atoms with Crippen LogP contribution in [0, 0.1) is 22.7 Å². The Bertz CT molecular complexity index is 1030. The van der Waals surface area contributed by atoms with Gasteiger partial charge in [-0.25, -0.2) is 4.98 Å². The van der Waals surface area contributed by atoms with Crippen molar-refractivity contribution < 1.29 is 4.74 Å². The number of benzene rings is 2. The predicted octanol–water partition coefficient (Wildman–Crippen LogP) is 2.63. The summed E-state index contributed by atoms with van der Waals surface area (Å²) in [6, 6.07) is 18.4. The van der Waals surface area contributed by atoms with E-state index in [1.165, 1.54) is 0 Å². The molecule has 1 heterocycles. The summed E-state index contributed by atoms with van der Waals surface area (Å²) >= 11 is 0. The van der Waals surface area contributed by atoms with Crippen molar-refractivity contribution in [2.45, 2.75) is 6.61 Å². The number of nitrogen functional groups attached to an aromatic ring is 2. The fourth-order valence-corrected chi connectivity index (χ4v) is 2.42. The van der Waals surface area contributed by atoms with Crippen LogP contribution >= 0.6 is 0 Å². The van der Waals surface area contributed by atoms with Crippen LogP contribution in [0.4, 0.5) is 11.8 Å². The van der Waals surface area contributed by atoms with Gasteiger partial charge in [-0.1, -0.05) is 12.1 Å². The average Bonchev–Trinajstić information content (AvgIpc) is 2.66. The molecule has 7 nitrogen and oxygen atoms in total. The highest BCUT2D eigenvalue weighted by atomic mass is 16.5. The summed E-state index contributed by atoms with van der Waals surface area (Å²) in [6.45, 7) is 0.339. The maximum absolute atomic E-state index is 9.26. The zero-order valence-corrected chi connectivity index (χ0v) is 13.7. The van der Waals surface area contributed by atoms with Crippen molar-refractivity contribution in [3.8, 4) is 29.1 Å². The van der Waals surface area contributed by atoms with Gasteiger partial charge in [0.15, 0.2) is 0 Å². The number of nitrogens with two attached hydrogens (primary N) is 2. The Labute approximate surface area is 150 Å². The third-order valence-corrected chi connectivity index (χ3v) is 3.66. The maximum atomic E-state index is 9.26. The summed E-state index contributed by atoms with van der Waals surface area (Å²) in [4.78, 5) is 7.91. The molecule has 7 heteroatoms. The minimum absolute atomic E-state index is 0.00852. The molecule has 2 aromatic carbocycles. The molecule has 0 atom stereocenters. The van der Waals surface area contributed by atoms with Crippen molar-refractivity contribution in [2.24, 2.45) is 0 Å². The van der Waals surface area contributed by atoms with E-state index in [0.29, 0.717) is 29.2 Å². The van der Waals surface area contributed by atoms with E-state index in [4.69, 9.17) is 21.5 Å². The number of hydrogen-bond acceptors (Lipinski definition) is 7. The lowest BCUT2D eigenvalue weighted by Crippen LogP contribution is -2.05. The molecule has 0 spiro atoms. The number of nitrogens with zero attached hydrogens (tertiary/aromatic N) is 4. The summed E-state index contributed by atoms with van der Waals surface area (Å²) in [5.74, 6) is 0.700. The van der Waals surface area contributed by atoms with Crippen molar-refractivity contribution >= 4 is 11.8 Å². The lowest BCUT2D eigenvalue weighted by atomic mass is 10.1. The number of ether oxygens (including phenoxy) is 1. The first-order valence-corrected chi connectivity index (χ1v) is 7.66. The highest BCUT2D eigenvalue weighted by Gasteiger charge is 2.13. The first-order valence-electron chi connectivity index (χ1n) is 7.66. The SMILES string of the molecule is N#Cc1cccc(COc2ccc(-c3nc(N)nc(N)c3C#N)cc2)c1. The molecule has 3 aromatic rings. The smallest absolute Gasteiger partial charge is 0.222 e. The second kappa shape index (κ2) is 7.20. The molecule has 0 aliphatic rings. The van der Waals surface area contributed by atoms with Crippen molar-refractivity contribution in [1.82, 2.24) is 9.97 Å². The van der Waals surface area contributed by atoms with Gasteiger partial charge in [0.25, 0.3) is 0 Å². The normalized spacial score (nSPS) is 9.92. The van der Waals surface area contributed by atoms with Gasteiger partial charge in [0, 0.05) is 5.56 Å². The number of rotatable bonds is 4. The second-order valence-corrected chi connectivity index (χ2v) is 5.43. The van der Waals surface area contributed by atoms with Crippen LogP contribution in [0.2, 0.25) is 0 Å². The van der Waals surface area contributed by atoms with Gasteiger partial charge in [0.1, 0.15) is 29.8 Å². The highest BCUT2D eigenvalue weighted by Crippen LogP contribution is 2.27. The van der Waals surface area contributed by atoms with Crippen LogP contribution in [0.25, 0.3) is 11.3 Å². The molecule has 0 radical (unpaired) electrons. The quantitative estimate of drug-likeness (QED) is 0.744. The van der Waals surface area contributed by atoms with Crippen LogP contribution in [-0.4, -0.2) is 9.97 Å². The summed E-state index contributed by atoms with van der Waals surface area (Å²) in [7, 11) is 0. The standard InChI is InChI=1S/C19H14N6O/c20-9-12-2-1-3-13(8-12)11-26-15-6-4-14(5-7-15)17-16(10-21)18(22)25-19(23)24-17/h1-8H,11H2,(H4,22,23,24,25). The van der Waals surface area contributed by atoms with Crippen LogP contribution in [0.3, 0.4) is 0 Å². The lowest BCUT2D eigenvalue weighted by Gasteiger charge is -2.09. The van der Waals surface area contributed by atoms with Gasteiger partial charge in [0.2, 0.25) is 5.95 Å². The Morgan fingerprint density at radius 1 is 0.962 bits per heavy atom. The molecule has 0 saturated carbocycles. The minimum atomic E-state index is 0.00852. The molecule has 0 amide bonds.